The lowest BCUT2D eigenvalue weighted by atomic mass is 9.85. The molecule has 1 fully saturated rings. The van der Waals surface area contributed by atoms with Gasteiger partial charge < -0.3 is 20.1 Å². The molecule has 1 rings (SSSR count). The first-order valence-corrected chi connectivity index (χ1v) is 10.6. The average molecular weight is 403 g/mol. The molecular weight excluding hydrogens is 368 g/mol. The van der Waals surface area contributed by atoms with Gasteiger partial charge in [-0.15, -0.1) is 11.6 Å². The summed E-state index contributed by atoms with van der Waals surface area (Å²) < 4.78 is 11.0. The van der Waals surface area contributed by atoms with Crippen molar-refractivity contribution in [3.8, 4) is 0 Å². The highest BCUT2D eigenvalue weighted by atomic mass is 35.5. The van der Waals surface area contributed by atoms with Crippen LogP contribution in [-0.2, 0) is 19.1 Å². The van der Waals surface area contributed by atoms with Gasteiger partial charge in [0, 0.05) is 31.0 Å². The van der Waals surface area contributed by atoms with E-state index in [-0.39, 0.29) is 23.8 Å². The van der Waals surface area contributed by atoms with E-state index in [2.05, 4.69) is 17.2 Å². The molecule has 0 aromatic rings. The molecule has 0 atom stereocenters. The van der Waals surface area contributed by atoms with E-state index < -0.39 is 0 Å². The SMILES string of the molecule is C=CC(=O)NC1CCC(C(=O)NCCOCCOCCCCCCCl)CC1. The van der Waals surface area contributed by atoms with E-state index in [0.717, 1.165) is 63.9 Å². The topological polar surface area (TPSA) is 76.7 Å². The van der Waals surface area contributed by atoms with Crippen LogP contribution in [0.3, 0.4) is 0 Å². The number of carbonyl (C=O) groups is 2. The Morgan fingerprint density at radius 2 is 1.63 bits per heavy atom. The number of hydrogen-bond acceptors (Lipinski definition) is 4. The maximum atomic E-state index is 12.2. The third-order valence-corrected chi connectivity index (χ3v) is 4.99. The minimum absolute atomic E-state index is 0.0315. The average Bonchev–Trinajstić information content (AvgIpc) is 2.69. The number of nitrogens with one attached hydrogen (secondary N) is 2. The highest BCUT2D eigenvalue weighted by Gasteiger charge is 2.26. The van der Waals surface area contributed by atoms with Crippen molar-refractivity contribution in [1.82, 2.24) is 10.6 Å². The molecule has 0 aliphatic heterocycles. The fourth-order valence-corrected chi connectivity index (χ4v) is 3.31. The van der Waals surface area contributed by atoms with Crippen molar-refractivity contribution in [2.45, 2.75) is 57.4 Å². The summed E-state index contributed by atoms with van der Waals surface area (Å²) in [4.78, 5) is 23.5. The summed E-state index contributed by atoms with van der Waals surface area (Å²) in [6.45, 7) is 6.36. The zero-order chi connectivity index (χ0) is 19.7. The van der Waals surface area contributed by atoms with Gasteiger partial charge in [0.2, 0.25) is 11.8 Å². The fraction of sp³-hybridized carbons (Fsp3) is 0.800. The molecule has 7 heteroatoms. The summed E-state index contributed by atoms with van der Waals surface area (Å²) in [7, 11) is 0. The quantitative estimate of drug-likeness (QED) is 0.251. The van der Waals surface area contributed by atoms with Crippen molar-refractivity contribution < 1.29 is 19.1 Å². The number of alkyl halides is 1. The molecule has 2 amide bonds. The van der Waals surface area contributed by atoms with Crippen LogP contribution >= 0.6 is 11.6 Å². The van der Waals surface area contributed by atoms with E-state index in [9.17, 15) is 9.59 Å². The minimum atomic E-state index is -0.143. The number of hydrogen-bond donors (Lipinski definition) is 2. The molecule has 0 radical (unpaired) electrons. The van der Waals surface area contributed by atoms with Crippen molar-refractivity contribution in [3.63, 3.8) is 0 Å². The van der Waals surface area contributed by atoms with Crippen LogP contribution in [0.2, 0.25) is 0 Å². The Labute approximate surface area is 168 Å². The van der Waals surface area contributed by atoms with Crippen LogP contribution in [-0.4, -0.2) is 56.7 Å². The van der Waals surface area contributed by atoms with E-state index in [4.69, 9.17) is 21.1 Å². The Morgan fingerprint density at radius 1 is 0.963 bits per heavy atom. The van der Waals surface area contributed by atoms with E-state index >= 15 is 0 Å². The zero-order valence-electron chi connectivity index (χ0n) is 16.3. The molecule has 0 aromatic heterocycles. The van der Waals surface area contributed by atoms with Gasteiger partial charge in [0.1, 0.15) is 0 Å². The van der Waals surface area contributed by atoms with Crippen LogP contribution in [0.5, 0.6) is 0 Å². The molecule has 156 valence electrons. The predicted octanol–water partition coefficient (Wildman–Crippen LogP) is 2.80. The number of rotatable bonds is 15. The van der Waals surface area contributed by atoms with Crippen molar-refractivity contribution >= 4 is 23.4 Å². The number of amides is 2. The number of halogens is 1. The monoisotopic (exact) mass is 402 g/mol. The lowest BCUT2D eigenvalue weighted by Crippen LogP contribution is -2.40. The van der Waals surface area contributed by atoms with Crippen molar-refractivity contribution in [2.24, 2.45) is 5.92 Å². The van der Waals surface area contributed by atoms with Crippen LogP contribution in [0.4, 0.5) is 0 Å². The van der Waals surface area contributed by atoms with Gasteiger partial charge in [0.15, 0.2) is 0 Å². The van der Waals surface area contributed by atoms with Crippen molar-refractivity contribution in [1.29, 1.82) is 0 Å². The molecule has 2 N–H and O–H groups in total. The Morgan fingerprint density at radius 3 is 2.30 bits per heavy atom. The van der Waals surface area contributed by atoms with Gasteiger partial charge in [-0.2, -0.15) is 0 Å². The van der Waals surface area contributed by atoms with Gasteiger partial charge in [0.05, 0.1) is 19.8 Å². The third kappa shape index (κ3) is 12.1. The van der Waals surface area contributed by atoms with Gasteiger partial charge in [-0.3, -0.25) is 9.59 Å². The molecule has 1 aliphatic rings. The lowest BCUT2D eigenvalue weighted by molar-refractivity contribution is -0.126. The second-order valence-corrected chi connectivity index (χ2v) is 7.26. The normalized spacial score (nSPS) is 19.4. The Hall–Kier alpha value is -1.11. The molecule has 0 heterocycles. The van der Waals surface area contributed by atoms with Crippen molar-refractivity contribution in [2.75, 3.05) is 38.9 Å². The fourth-order valence-electron chi connectivity index (χ4n) is 3.12. The second-order valence-electron chi connectivity index (χ2n) is 6.88. The Kier molecular flexibility index (Phi) is 14.1. The summed E-state index contributed by atoms with van der Waals surface area (Å²) in [6.07, 6.45) is 9.00. The van der Waals surface area contributed by atoms with Crippen LogP contribution in [0.15, 0.2) is 12.7 Å². The summed E-state index contributed by atoms with van der Waals surface area (Å²) in [5.74, 6) is 0.708. The molecule has 27 heavy (non-hydrogen) atoms. The maximum absolute atomic E-state index is 12.2. The summed E-state index contributed by atoms with van der Waals surface area (Å²) in [5.41, 5.74) is 0. The molecule has 0 saturated heterocycles. The zero-order valence-corrected chi connectivity index (χ0v) is 17.1. The summed E-state index contributed by atoms with van der Waals surface area (Å²) in [5, 5.41) is 5.83. The molecule has 0 spiro atoms. The number of unbranched alkanes of at least 4 members (excludes halogenated alkanes) is 3. The molecule has 0 aromatic carbocycles. The predicted molar refractivity (Wildman–Crippen MR) is 108 cm³/mol. The lowest BCUT2D eigenvalue weighted by Gasteiger charge is -2.28. The van der Waals surface area contributed by atoms with Crippen LogP contribution in [0, 0.1) is 5.92 Å². The van der Waals surface area contributed by atoms with Crippen molar-refractivity contribution in [3.05, 3.63) is 12.7 Å². The van der Waals surface area contributed by atoms with E-state index in [1.807, 2.05) is 0 Å². The largest absolute Gasteiger partial charge is 0.379 e. The van der Waals surface area contributed by atoms with E-state index in [1.54, 1.807) is 0 Å². The first-order valence-electron chi connectivity index (χ1n) is 10.1. The molecule has 1 saturated carbocycles. The summed E-state index contributed by atoms with van der Waals surface area (Å²) in [6, 6.07) is 0.156. The standard InChI is InChI=1S/C20H35ClN2O4/c1-2-19(24)23-18-9-7-17(8-10-18)20(25)22-12-14-27-16-15-26-13-6-4-3-5-11-21/h2,17-18H,1,3-16H2,(H,22,25)(H,23,24). The molecule has 6 nitrogen and oxygen atoms in total. The molecular formula is C20H35ClN2O4. The van der Waals surface area contributed by atoms with Gasteiger partial charge in [-0.1, -0.05) is 19.4 Å². The Balaban J connectivity index is 1.92. The van der Waals surface area contributed by atoms with Gasteiger partial charge in [-0.25, -0.2) is 0 Å². The summed E-state index contributed by atoms with van der Waals surface area (Å²) >= 11 is 5.62. The van der Waals surface area contributed by atoms with Crippen LogP contribution in [0.1, 0.15) is 51.4 Å². The smallest absolute Gasteiger partial charge is 0.243 e. The highest BCUT2D eigenvalue weighted by molar-refractivity contribution is 6.17. The maximum Gasteiger partial charge on any atom is 0.243 e. The highest BCUT2D eigenvalue weighted by Crippen LogP contribution is 2.24. The molecule has 0 bridgehead atoms. The Bertz CT molecular complexity index is 426. The second kappa shape index (κ2) is 15.9. The van der Waals surface area contributed by atoms with Crippen LogP contribution < -0.4 is 10.6 Å². The first-order chi connectivity index (χ1) is 13.2. The number of ether oxygens (including phenoxy) is 2. The molecule has 0 unspecified atom stereocenters. The third-order valence-electron chi connectivity index (χ3n) is 4.72. The molecule has 1 aliphatic carbocycles. The minimum Gasteiger partial charge on any atom is -0.379 e. The number of carbonyl (C=O) groups excluding carboxylic acids is 2. The van der Waals surface area contributed by atoms with Gasteiger partial charge in [-0.05, 0) is 44.6 Å². The first kappa shape index (κ1) is 23.9. The van der Waals surface area contributed by atoms with E-state index in [1.165, 1.54) is 6.08 Å². The van der Waals surface area contributed by atoms with Crippen LogP contribution in [0.25, 0.3) is 0 Å². The van der Waals surface area contributed by atoms with Gasteiger partial charge >= 0.3 is 0 Å². The van der Waals surface area contributed by atoms with Gasteiger partial charge in [0.25, 0.3) is 0 Å². The van der Waals surface area contributed by atoms with E-state index in [0.29, 0.717) is 26.4 Å².